The van der Waals surface area contributed by atoms with Crippen LogP contribution in [0.3, 0.4) is 0 Å². The highest BCUT2D eigenvalue weighted by Gasteiger charge is 2.10. The minimum atomic E-state index is -0.138. The number of phenols is 1. The van der Waals surface area contributed by atoms with Crippen LogP contribution in [0.15, 0.2) is 45.3 Å². The minimum absolute atomic E-state index is 0.0719. The molecule has 17 heavy (non-hydrogen) atoms. The minimum Gasteiger partial charge on any atom is -0.508 e. The number of phenolic OH excluding ortho intramolecular Hbond substituents is 1. The highest BCUT2D eigenvalue weighted by molar-refractivity contribution is 7.13. The molecule has 0 aliphatic rings. The van der Waals surface area contributed by atoms with E-state index in [4.69, 9.17) is 4.42 Å². The summed E-state index contributed by atoms with van der Waals surface area (Å²) in [6.45, 7) is 0. The van der Waals surface area contributed by atoms with E-state index >= 15 is 0 Å². The number of thiazole rings is 1. The van der Waals surface area contributed by atoms with Gasteiger partial charge in [0.15, 0.2) is 0 Å². The fraction of sp³-hybridized carbons (Fsp3) is 0. The van der Waals surface area contributed by atoms with Crippen LogP contribution in [-0.2, 0) is 0 Å². The monoisotopic (exact) mass is 245 g/mol. The molecule has 0 aliphatic carbocycles. The molecule has 5 heteroatoms. The quantitative estimate of drug-likeness (QED) is 0.715. The number of benzene rings is 1. The van der Waals surface area contributed by atoms with E-state index in [0.29, 0.717) is 21.5 Å². The van der Waals surface area contributed by atoms with Crippen molar-refractivity contribution < 1.29 is 9.52 Å². The lowest BCUT2D eigenvalue weighted by Crippen LogP contribution is -2.04. The van der Waals surface area contributed by atoms with Gasteiger partial charge in [-0.2, -0.15) is 0 Å². The van der Waals surface area contributed by atoms with Crippen LogP contribution in [0.2, 0.25) is 0 Å². The maximum Gasteiger partial charge on any atom is 0.202 e. The zero-order valence-corrected chi connectivity index (χ0v) is 9.40. The molecule has 1 N–H and O–H groups in total. The van der Waals surface area contributed by atoms with Gasteiger partial charge in [-0.25, -0.2) is 4.98 Å². The summed E-state index contributed by atoms with van der Waals surface area (Å²) in [4.78, 5) is 16.2. The fourth-order valence-electron chi connectivity index (χ4n) is 1.62. The first-order chi connectivity index (χ1) is 8.25. The Morgan fingerprint density at radius 3 is 3.00 bits per heavy atom. The molecule has 0 saturated heterocycles. The molecule has 0 aliphatic heterocycles. The van der Waals surface area contributed by atoms with Gasteiger partial charge in [0.05, 0.1) is 10.9 Å². The van der Waals surface area contributed by atoms with Gasteiger partial charge in [-0.15, -0.1) is 11.3 Å². The van der Waals surface area contributed by atoms with Gasteiger partial charge in [0.1, 0.15) is 22.6 Å². The molecule has 3 aromatic rings. The second-order valence-electron chi connectivity index (χ2n) is 3.50. The predicted octanol–water partition coefficient (Wildman–Crippen LogP) is 2.62. The van der Waals surface area contributed by atoms with Crippen molar-refractivity contribution in [3.63, 3.8) is 0 Å². The third kappa shape index (κ3) is 1.60. The molecule has 0 fully saturated rings. The maximum atomic E-state index is 12.2. The maximum absolute atomic E-state index is 12.2. The number of fused-ring (bicyclic) bond motifs is 1. The summed E-state index contributed by atoms with van der Waals surface area (Å²) in [7, 11) is 0. The summed E-state index contributed by atoms with van der Waals surface area (Å²) in [5.74, 6) is 0.0719. The van der Waals surface area contributed by atoms with E-state index in [1.807, 2.05) is 0 Å². The van der Waals surface area contributed by atoms with Crippen LogP contribution in [0.5, 0.6) is 5.75 Å². The lowest BCUT2D eigenvalue weighted by molar-refractivity contribution is 0.474. The van der Waals surface area contributed by atoms with Crippen LogP contribution in [0.25, 0.3) is 21.5 Å². The van der Waals surface area contributed by atoms with Gasteiger partial charge >= 0.3 is 0 Å². The van der Waals surface area contributed by atoms with Crippen LogP contribution in [0, 0.1) is 0 Å². The van der Waals surface area contributed by atoms with Crippen molar-refractivity contribution in [1.82, 2.24) is 4.98 Å². The molecule has 2 heterocycles. The van der Waals surface area contributed by atoms with Crippen molar-refractivity contribution >= 4 is 22.3 Å². The van der Waals surface area contributed by atoms with E-state index in [2.05, 4.69) is 4.98 Å². The SMILES string of the molecule is O=c1c(-c2nccs2)coc2cc(O)ccc12. The highest BCUT2D eigenvalue weighted by Crippen LogP contribution is 2.23. The molecule has 0 amide bonds. The summed E-state index contributed by atoms with van der Waals surface area (Å²) < 4.78 is 5.33. The number of aromatic hydroxyl groups is 1. The number of rotatable bonds is 1. The van der Waals surface area contributed by atoms with Gasteiger partial charge in [-0.3, -0.25) is 4.79 Å². The largest absolute Gasteiger partial charge is 0.508 e. The summed E-state index contributed by atoms with van der Waals surface area (Å²) >= 11 is 1.38. The number of hydrogen-bond donors (Lipinski definition) is 1. The van der Waals surface area contributed by atoms with Crippen molar-refractivity contribution in [1.29, 1.82) is 0 Å². The van der Waals surface area contributed by atoms with Gasteiger partial charge in [0, 0.05) is 17.6 Å². The van der Waals surface area contributed by atoms with Crippen LogP contribution >= 0.6 is 11.3 Å². The summed E-state index contributed by atoms with van der Waals surface area (Å²) in [6, 6.07) is 4.43. The third-order valence-corrected chi connectivity index (χ3v) is 3.23. The van der Waals surface area contributed by atoms with Crippen LogP contribution in [-0.4, -0.2) is 10.1 Å². The molecular weight excluding hydrogens is 238 g/mol. The number of hydrogen-bond acceptors (Lipinski definition) is 5. The van der Waals surface area contributed by atoms with E-state index in [9.17, 15) is 9.90 Å². The summed E-state index contributed by atoms with van der Waals surface area (Å²) in [6.07, 6.45) is 3.02. The van der Waals surface area contributed by atoms with Crippen molar-refractivity contribution in [3.05, 3.63) is 46.3 Å². The van der Waals surface area contributed by atoms with Crippen LogP contribution in [0.4, 0.5) is 0 Å². The molecule has 1 aromatic carbocycles. The van der Waals surface area contributed by atoms with Crippen molar-refractivity contribution in [2.75, 3.05) is 0 Å². The Bertz CT molecular complexity index is 731. The zero-order valence-electron chi connectivity index (χ0n) is 8.58. The average molecular weight is 245 g/mol. The molecule has 0 atom stereocenters. The molecular formula is C12H7NO3S. The second kappa shape index (κ2) is 3.71. The van der Waals surface area contributed by atoms with Gasteiger partial charge in [0.25, 0.3) is 0 Å². The second-order valence-corrected chi connectivity index (χ2v) is 4.39. The predicted molar refractivity (Wildman–Crippen MR) is 65.3 cm³/mol. The summed E-state index contributed by atoms with van der Waals surface area (Å²) in [5, 5.41) is 12.2. The molecule has 3 rings (SSSR count). The van der Waals surface area contributed by atoms with E-state index in [1.54, 1.807) is 17.6 Å². The van der Waals surface area contributed by atoms with Gasteiger partial charge in [-0.05, 0) is 12.1 Å². The molecule has 0 radical (unpaired) electrons. The first-order valence-electron chi connectivity index (χ1n) is 4.90. The van der Waals surface area contributed by atoms with Gasteiger partial charge in [0.2, 0.25) is 5.43 Å². The molecule has 84 valence electrons. The van der Waals surface area contributed by atoms with E-state index in [0.717, 1.165) is 0 Å². The number of aromatic nitrogens is 1. The lowest BCUT2D eigenvalue weighted by Gasteiger charge is -1.99. The fourth-order valence-corrected chi connectivity index (χ4v) is 2.26. The Labute approximate surface area is 99.8 Å². The normalized spacial score (nSPS) is 10.8. The van der Waals surface area contributed by atoms with E-state index in [1.165, 1.54) is 29.7 Å². The Morgan fingerprint density at radius 1 is 1.35 bits per heavy atom. The Balaban J connectivity index is 2.34. The molecule has 4 nitrogen and oxygen atoms in total. The zero-order chi connectivity index (χ0) is 11.8. The Kier molecular flexibility index (Phi) is 2.19. The molecule has 0 saturated carbocycles. The standard InChI is InChI=1S/C12H7NO3S/c14-7-1-2-8-10(5-7)16-6-9(11(8)15)12-13-3-4-17-12/h1-6,14H. The smallest absolute Gasteiger partial charge is 0.202 e. The molecule has 0 bridgehead atoms. The first kappa shape index (κ1) is 10.0. The molecule has 0 unspecified atom stereocenters. The Hall–Kier alpha value is -2.14. The Morgan fingerprint density at radius 2 is 2.24 bits per heavy atom. The van der Waals surface area contributed by atoms with Crippen molar-refractivity contribution in [2.45, 2.75) is 0 Å². The van der Waals surface area contributed by atoms with Crippen molar-refractivity contribution in [3.8, 4) is 16.3 Å². The van der Waals surface area contributed by atoms with Crippen molar-refractivity contribution in [2.24, 2.45) is 0 Å². The first-order valence-corrected chi connectivity index (χ1v) is 5.78. The average Bonchev–Trinajstić information content (AvgIpc) is 2.82. The van der Waals surface area contributed by atoms with Gasteiger partial charge in [-0.1, -0.05) is 0 Å². The van der Waals surface area contributed by atoms with Crippen LogP contribution < -0.4 is 5.43 Å². The third-order valence-electron chi connectivity index (χ3n) is 2.42. The lowest BCUT2D eigenvalue weighted by atomic mass is 10.2. The van der Waals surface area contributed by atoms with Crippen LogP contribution in [0.1, 0.15) is 0 Å². The highest BCUT2D eigenvalue weighted by atomic mass is 32.1. The van der Waals surface area contributed by atoms with E-state index < -0.39 is 0 Å². The topological polar surface area (TPSA) is 63.3 Å². The molecule has 0 spiro atoms. The van der Waals surface area contributed by atoms with E-state index in [-0.39, 0.29) is 11.2 Å². The molecule has 2 aromatic heterocycles. The summed E-state index contributed by atoms with van der Waals surface area (Å²) in [5.41, 5.74) is 0.676. The number of nitrogens with zero attached hydrogens (tertiary/aromatic N) is 1. The van der Waals surface area contributed by atoms with Gasteiger partial charge < -0.3 is 9.52 Å².